The fraction of sp³-hybridized carbons (Fsp3) is 0.450. The van der Waals surface area contributed by atoms with Crippen LogP contribution in [0.3, 0.4) is 0 Å². The van der Waals surface area contributed by atoms with Crippen molar-refractivity contribution in [2.24, 2.45) is 0 Å². The smallest absolute Gasteiger partial charge is 0.274 e. The Kier molecular flexibility index (Phi) is 5.68. The summed E-state index contributed by atoms with van der Waals surface area (Å²) in [5.41, 5.74) is 1.36. The molecule has 1 fully saturated rings. The number of rotatable bonds is 5. The Morgan fingerprint density at radius 2 is 2.10 bits per heavy atom. The maximum Gasteiger partial charge on any atom is 0.274 e. The van der Waals surface area contributed by atoms with Crippen molar-refractivity contribution < 1.29 is 4.79 Å². The zero-order valence-electron chi connectivity index (χ0n) is 16.6. The summed E-state index contributed by atoms with van der Waals surface area (Å²) in [4.78, 5) is 44.2. The van der Waals surface area contributed by atoms with Gasteiger partial charge >= 0.3 is 0 Å². The fourth-order valence-corrected chi connectivity index (χ4v) is 4.72. The Balaban J connectivity index is 1.28. The predicted octanol–water partition coefficient (Wildman–Crippen LogP) is 1.83. The van der Waals surface area contributed by atoms with Gasteiger partial charge in [-0.1, -0.05) is 0 Å². The number of hydrogen-bond donors (Lipinski definition) is 2. The van der Waals surface area contributed by atoms with Crippen LogP contribution in [0.4, 0.5) is 0 Å². The third-order valence-electron chi connectivity index (χ3n) is 5.45. The molecule has 4 rings (SSSR count). The molecule has 152 valence electrons. The Morgan fingerprint density at radius 3 is 2.83 bits per heavy atom. The number of likely N-dealkylation sites (tertiary alicyclic amines) is 1. The molecule has 1 saturated heterocycles. The molecular weight excluding hydrogens is 388 g/mol. The van der Waals surface area contributed by atoms with E-state index in [2.05, 4.69) is 25.3 Å². The van der Waals surface area contributed by atoms with Crippen LogP contribution in [0.2, 0.25) is 0 Å². The van der Waals surface area contributed by atoms with Crippen molar-refractivity contribution in [2.75, 3.05) is 19.6 Å². The molecule has 1 amide bonds. The summed E-state index contributed by atoms with van der Waals surface area (Å²) in [6.45, 7) is 6.11. The lowest BCUT2D eigenvalue weighted by Crippen LogP contribution is -2.45. The van der Waals surface area contributed by atoms with Gasteiger partial charge in [0.1, 0.15) is 16.3 Å². The average Bonchev–Trinajstić information content (AvgIpc) is 3.02. The highest BCUT2D eigenvalue weighted by molar-refractivity contribution is 7.18. The molecule has 0 saturated carbocycles. The third kappa shape index (κ3) is 4.20. The van der Waals surface area contributed by atoms with Crippen LogP contribution in [0.1, 0.15) is 39.6 Å². The van der Waals surface area contributed by atoms with Gasteiger partial charge < -0.3 is 15.2 Å². The van der Waals surface area contributed by atoms with E-state index in [4.69, 9.17) is 0 Å². The minimum atomic E-state index is -0.0619. The van der Waals surface area contributed by atoms with Crippen molar-refractivity contribution in [3.05, 3.63) is 50.9 Å². The summed E-state index contributed by atoms with van der Waals surface area (Å²) in [6, 6.07) is 0.350. The molecule has 0 aromatic carbocycles. The molecule has 4 heterocycles. The first-order valence-electron chi connectivity index (χ1n) is 9.80. The minimum Gasteiger partial charge on any atom is -0.337 e. The average molecular weight is 413 g/mol. The number of carbonyl (C=O) groups is 1. The fourth-order valence-electron chi connectivity index (χ4n) is 3.67. The number of thiophene rings is 1. The van der Waals surface area contributed by atoms with E-state index in [9.17, 15) is 9.59 Å². The van der Waals surface area contributed by atoms with Crippen molar-refractivity contribution in [1.29, 1.82) is 0 Å². The lowest BCUT2D eigenvalue weighted by molar-refractivity contribution is 0.0699. The maximum atomic E-state index is 12.4. The second-order valence-electron chi connectivity index (χ2n) is 7.34. The summed E-state index contributed by atoms with van der Waals surface area (Å²) in [5.74, 6) is 0.652. The van der Waals surface area contributed by atoms with Crippen molar-refractivity contribution >= 4 is 27.5 Å². The van der Waals surface area contributed by atoms with E-state index in [0.717, 1.165) is 34.7 Å². The van der Waals surface area contributed by atoms with E-state index in [1.807, 2.05) is 18.7 Å². The molecule has 29 heavy (non-hydrogen) atoms. The van der Waals surface area contributed by atoms with Crippen LogP contribution < -0.4 is 10.9 Å². The van der Waals surface area contributed by atoms with E-state index in [1.165, 1.54) is 12.4 Å². The molecule has 2 N–H and O–H groups in total. The van der Waals surface area contributed by atoms with Crippen LogP contribution in [-0.4, -0.2) is 56.4 Å². The number of aromatic amines is 1. The van der Waals surface area contributed by atoms with Crippen molar-refractivity contribution in [3.63, 3.8) is 0 Å². The molecule has 0 aliphatic carbocycles. The van der Waals surface area contributed by atoms with Crippen LogP contribution >= 0.6 is 11.3 Å². The third-order valence-corrected chi connectivity index (χ3v) is 6.55. The molecule has 0 unspecified atom stereocenters. The normalized spacial score (nSPS) is 15.2. The highest BCUT2D eigenvalue weighted by Crippen LogP contribution is 2.25. The number of aromatic nitrogens is 4. The lowest BCUT2D eigenvalue weighted by atomic mass is 10.0. The number of nitrogens with one attached hydrogen (secondary N) is 2. The molecule has 1 aliphatic heterocycles. The number of nitrogens with zero attached hydrogens (tertiary/aromatic N) is 4. The van der Waals surface area contributed by atoms with Crippen molar-refractivity contribution in [3.8, 4) is 0 Å². The molecule has 3 aromatic rings. The van der Waals surface area contributed by atoms with Gasteiger partial charge in [0.15, 0.2) is 0 Å². The van der Waals surface area contributed by atoms with E-state index in [-0.39, 0.29) is 11.5 Å². The molecule has 0 bridgehead atoms. The van der Waals surface area contributed by atoms with Gasteiger partial charge in [-0.3, -0.25) is 14.6 Å². The first-order chi connectivity index (χ1) is 14.0. The molecule has 0 radical (unpaired) electrons. The standard InChI is InChI=1S/C20H24N6O2S/c1-12-13(2)29-19-17(12)18(27)24-16(25-19)3-6-22-14-4-9-26(10-5-14)20(28)15-11-21-7-8-23-15/h7-8,11,14,22H,3-6,9-10H2,1-2H3,(H,24,25,27). The molecule has 9 heteroatoms. The van der Waals surface area contributed by atoms with Gasteiger partial charge in [-0.05, 0) is 32.3 Å². The lowest BCUT2D eigenvalue weighted by Gasteiger charge is -2.32. The second-order valence-corrected chi connectivity index (χ2v) is 8.54. The number of carbonyl (C=O) groups excluding carboxylic acids is 1. The van der Waals surface area contributed by atoms with Crippen LogP contribution in [0.5, 0.6) is 0 Å². The Morgan fingerprint density at radius 1 is 1.31 bits per heavy atom. The maximum absolute atomic E-state index is 12.4. The topological polar surface area (TPSA) is 104 Å². The second kappa shape index (κ2) is 8.38. The zero-order chi connectivity index (χ0) is 20.4. The van der Waals surface area contributed by atoms with Crippen LogP contribution in [0, 0.1) is 13.8 Å². The highest BCUT2D eigenvalue weighted by Gasteiger charge is 2.24. The van der Waals surface area contributed by atoms with E-state index in [1.54, 1.807) is 17.5 Å². The Bertz CT molecular complexity index is 1070. The highest BCUT2D eigenvalue weighted by atomic mass is 32.1. The predicted molar refractivity (Wildman–Crippen MR) is 112 cm³/mol. The summed E-state index contributed by atoms with van der Waals surface area (Å²) < 4.78 is 0. The van der Waals surface area contributed by atoms with Gasteiger partial charge in [0.25, 0.3) is 11.5 Å². The number of amides is 1. The quantitative estimate of drug-likeness (QED) is 0.663. The van der Waals surface area contributed by atoms with Gasteiger partial charge in [0.05, 0.1) is 11.6 Å². The van der Waals surface area contributed by atoms with E-state index in [0.29, 0.717) is 42.5 Å². The van der Waals surface area contributed by atoms with E-state index < -0.39 is 0 Å². The van der Waals surface area contributed by atoms with Gasteiger partial charge in [-0.15, -0.1) is 11.3 Å². The minimum absolute atomic E-state index is 0.0531. The zero-order valence-corrected chi connectivity index (χ0v) is 17.4. The van der Waals surface area contributed by atoms with Crippen molar-refractivity contribution in [2.45, 2.75) is 39.2 Å². The summed E-state index contributed by atoms with van der Waals surface area (Å²) in [6.07, 6.45) is 7.05. The molecular formula is C20H24N6O2S. The molecule has 1 aliphatic rings. The van der Waals surface area contributed by atoms with Crippen LogP contribution in [-0.2, 0) is 6.42 Å². The van der Waals surface area contributed by atoms with Gasteiger partial charge in [0, 0.05) is 49.4 Å². The Labute approximate surface area is 172 Å². The largest absolute Gasteiger partial charge is 0.337 e. The monoisotopic (exact) mass is 412 g/mol. The first-order valence-corrected chi connectivity index (χ1v) is 10.6. The number of H-pyrrole nitrogens is 1. The van der Waals surface area contributed by atoms with Gasteiger partial charge in [0.2, 0.25) is 0 Å². The molecule has 8 nitrogen and oxygen atoms in total. The summed E-state index contributed by atoms with van der Waals surface area (Å²) in [5, 5.41) is 4.24. The van der Waals surface area contributed by atoms with Gasteiger partial charge in [-0.2, -0.15) is 0 Å². The van der Waals surface area contributed by atoms with Crippen LogP contribution in [0.15, 0.2) is 23.4 Å². The number of aryl methyl sites for hydroxylation is 2. The first kappa shape index (κ1) is 19.7. The summed E-state index contributed by atoms with van der Waals surface area (Å²) in [7, 11) is 0. The number of fused-ring (bicyclic) bond motifs is 1. The Hall–Kier alpha value is -2.65. The SMILES string of the molecule is Cc1sc2nc(CCNC3CCN(C(=O)c4cnccn4)CC3)[nH]c(=O)c2c1C. The number of hydrogen-bond acceptors (Lipinski definition) is 7. The molecule has 0 atom stereocenters. The van der Waals surface area contributed by atoms with Crippen molar-refractivity contribution in [1.82, 2.24) is 30.2 Å². The summed E-state index contributed by atoms with van der Waals surface area (Å²) >= 11 is 1.57. The van der Waals surface area contributed by atoms with Crippen LogP contribution in [0.25, 0.3) is 10.2 Å². The molecule has 3 aromatic heterocycles. The van der Waals surface area contributed by atoms with E-state index >= 15 is 0 Å². The van der Waals surface area contributed by atoms with Gasteiger partial charge in [-0.25, -0.2) is 9.97 Å². The molecule has 0 spiro atoms. The number of piperidine rings is 1.